The number of aromatic nitrogens is 3. The molecule has 3 amide bonds. The molecule has 0 spiro atoms. The number of amides is 3. The Morgan fingerprint density at radius 1 is 0.976 bits per heavy atom. The molecular weight excluding hydrogens is 549 g/mol. The Balaban J connectivity index is 0.000000343. The van der Waals surface area contributed by atoms with Gasteiger partial charge in [-0.05, 0) is 56.1 Å². The largest absolute Gasteiger partial charge is 0.416 e. The Morgan fingerprint density at radius 2 is 1.74 bits per heavy atom. The number of hydrogen-bond donors (Lipinski definition) is 1. The van der Waals surface area contributed by atoms with E-state index in [1.165, 1.54) is 31.5 Å². The van der Waals surface area contributed by atoms with E-state index < -0.39 is 23.6 Å². The number of benzene rings is 1. The van der Waals surface area contributed by atoms with Crippen LogP contribution in [0.3, 0.4) is 0 Å². The van der Waals surface area contributed by atoms with Gasteiger partial charge in [-0.25, -0.2) is 4.98 Å². The van der Waals surface area contributed by atoms with Crippen LogP contribution in [0.5, 0.6) is 0 Å². The van der Waals surface area contributed by atoms with Crippen LogP contribution in [0, 0.1) is 0 Å². The number of carbonyl (C=O) groups is 3. The van der Waals surface area contributed by atoms with E-state index in [-0.39, 0.29) is 11.1 Å². The monoisotopic (exact) mass is 578 g/mol. The van der Waals surface area contributed by atoms with Crippen LogP contribution in [-0.4, -0.2) is 68.7 Å². The highest BCUT2D eigenvalue weighted by molar-refractivity contribution is 6.49. The van der Waals surface area contributed by atoms with Crippen molar-refractivity contribution in [1.82, 2.24) is 29.1 Å². The fourth-order valence-electron chi connectivity index (χ4n) is 5.93. The van der Waals surface area contributed by atoms with E-state index in [0.29, 0.717) is 53.0 Å². The number of pyridine rings is 1. The second-order valence-corrected chi connectivity index (χ2v) is 10.8. The molecular formula is C30H29F3N6O3. The molecule has 4 aromatic rings. The molecule has 42 heavy (non-hydrogen) atoms. The number of likely N-dealkylation sites (N-methyl/N-ethyl adjacent to an activating group) is 1. The van der Waals surface area contributed by atoms with Crippen molar-refractivity contribution in [2.75, 3.05) is 26.7 Å². The number of rotatable bonds is 3. The predicted octanol–water partition coefficient (Wildman–Crippen LogP) is 3.95. The normalized spacial score (nSPS) is 17.9. The summed E-state index contributed by atoms with van der Waals surface area (Å²) >= 11 is 0. The molecule has 0 atom stereocenters. The number of nitrogens with one attached hydrogen (secondary N) is 1. The number of imide groups is 1. The number of piperidine rings is 1. The summed E-state index contributed by atoms with van der Waals surface area (Å²) in [5.74, 6) is -1.25. The molecule has 1 saturated heterocycles. The molecule has 0 saturated carbocycles. The number of carbonyl (C=O) groups excluding carboxylic acids is 3. The van der Waals surface area contributed by atoms with Crippen LogP contribution < -0.4 is 5.32 Å². The first kappa shape index (κ1) is 27.7. The smallest absolute Gasteiger partial charge is 0.345 e. The molecule has 0 aliphatic carbocycles. The van der Waals surface area contributed by atoms with Crippen molar-refractivity contribution in [3.05, 3.63) is 71.3 Å². The van der Waals surface area contributed by atoms with Crippen molar-refractivity contribution in [3.8, 4) is 0 Å². The summed E-state index contributed by atoms with van der Waals surface area (Å²) in [6.07, 6.45) is 4.97. The van der Waals surface area contributed by atoms with Crippen molar-refractivity contribution in [1.29, 1.82) is 0 Å². The van der Waals surface area contributed by atoms with Gasteiger partial charge in [-0.3, -0.25) is 24.1 Å². The van der Waals surface area contributed by atoms with Crippen molar-refractivity contribution in [2.24, 2.45) is 0 Å². The van der Waals surface area contributed by atoms with Gasteiger partial charge < -0.3 is 14.4 Å². The summed E-state index contributed by atoms with van der Waals surface area (Å²) in [5.41, 5.74) is 1.81. The molecule has 1 fully saturated rings. The fourth-order valence-corrected chi connectivity index (χ4v) is 5.93. The minimum Gasteiger partial charge on any atom is -0.345 e. The summed E-state index contributed by atoms with van der Waals surface area (Å²) in [6.45, 7) is 3.46. The maximum absolute atomic E-state index is 13.8. The first-order valence-electron chi connectivity index (χ1n) is 13.8. The average Bonchev–Trinajstić information content (AvgIpc) is 3.60. The van der Waals surface area contributed by atoms with Gasteiger partial charge in [0.1, 0.15) is 5.65 Å². The van der Waals surface area contributed by atoms with Gasteiger partial charge in [0.2, 0.25) is 6.41 Å². The Morgan fingerprint density at radius 3 is 2.45 bits per heavy atom. The van der Waals surface area contributed by atoms with Crippen LogP contribution in [0.2, 0.25) is 0 Å². The highest BCUT2D eigenvalue weighted by Gasteiger charge is 2.38. The van der Waals surface area contributed by atoms with E-state index in [1.54, 1.807) is 35.0 Å². The van der Waals surface area contributed by atoms with Crippen molar-refractivity contribution >= 4 is 45.9 Å². The fraction of sp³-hybridized carbons (Fsp3) is 0.333. The van der Waals surface area contributed by atoms with E-state index in [2.05, 4.69) is 10.3 Å². The highest BCUT2D eigenvalue weighted by atomic mass is 19.4. The summed E-state index contributed by atoms with van der Waals surface area (Å²) in [5, 5.41) is 2.62. The molecule has 0 bridgehead atoms. The summed E-state index contributed by atoms with van der Waals surface area (Å²) in [7, 11) is 1.86. The first-order chi connectivity index (χ1) is 20.2. The number of likely N-dealkylation sites (tertiary alicyclic amines) is 1. The lowest BCUT2D eigenvalue weighted by atomic mass is 9.96. The first-order valence-corrected chi connectivity index (χ1v) is 13.8. The van der Waals surface area contributed by atoms with E-state index in [0.717, 1.165) is 25.6 Å². The standard InChI is InChI=1S/C24H18F3N5O2.C6H11NO/c1-30-6-7-31-12-16(15-9-14(24(25,26)27)8-13(11-30)21(15)31)19-20(23(34)29-22(19)33)17-10-28-18-4-2-3-5-32(17)18;8-6-7-4-2-1-3-5-7/h2-5,8-10,12H,6-7,11H2,1H3,(H,29,33,34);6H,1-5H2. The van der Waals surface area contributed by atoms with Gasteiger partial charge in [0.25, 0.3) is 11.8 Å². The second kappa shape index (κ2) is 10.8. The Labute approximate surface area is 239 Å². The number of hydrogen-bond acceptors (Lipinski definition) is 5. The summed E-state index contributed by atoms with van der Waals surface area (Å²) in [4.78, 5) is 44.1. The van der Waals surface area contributed by atoms with Gasteiger partial charge in [-0.2, -0.15) is 13.2 Å². The van der Waals surface area contributed by atoms with Crippen LogP contribution in [0.1, 0.15) is 41.6 Å². The molecule has 1 N–H and O–H groups in total. The topological polar surface area (TPSA) is 92.0 Å². The Hall–Kier alpha value is -4.45. The quantitative estimate of drug-likeness (QED) is 0.294. The zero-order valence-corrected chi connectivity index (χ0v) is 22.9. The van der Waals surface area contributed by atoms with Gasteiger partial charge in [0.05, 0.1) is 34.1 Å². The molecule has 0 unspecified atom stereocenters. The maximum Gasteiger partial charge on any atom is 0.416 e. The molecule has 9 nitrogen and oxygen atoms in total. The van der Waals surface area contributed by atoms with Crippen LogP contribution in [0.4, 0.5) is 13.2 Å². The third-order valence-corrected chi connectivity index (χ3v) is 7.95. The molecule has 6 heterocycles. The molecule has 0 radical (unpaired) electrons. The Kier molecular flexibility index (Phi) is 7.09. The SMILES string of the molecule is CN1CCn2cc(C3=C(c4cnc5ccccn45)C(=O)NC3=O)c3cc(C(F)(F)F)cc(c32)C1.O=CN1CCCCC1. The predicted molar refractivity (Wildman–Crippen MR) is 150 cm³/mol. The zero-order valence-electron chi connectivity index (χ0n) is 22.9. The van der Waals surface area contributed by atoms with E-state index in [9.17, 15) is 27.6 Å². The number of halogens is 3. The lowest BCUT2D eigenvalue weighted by Gasteiger charge is -2.21. The van der Waals surface area contributed by atoms with E-state index in [1.807, 2.05) is 21.4 Å². The van der Waals surface area contributed by atoms with Crippen molar-refractivity contribution < 1.29 is 27.6 Å². The third kappa shape index (κ3) is 4.95. The highest BCUT2D eigenvalue weighted by Crippen LogP contribution is 2.41. The van der Waals surface area contributed by atoms with Gasteiger partial charge in [0, 0.05) is 56.1 Å². The summed E-state index contributed by atoms with van der Waals surface area (Å²) in [6, 6.07) is 7.57. The number of alkyl halides is 3. The molecule has 218 valence electrons. The van der Waals surface area contributed by atoms with Gasteiger partial charge in [-0.1, -0.05) is 6.07 Å². The van der Waals surface area contributed by atoms with Crippen molar-refractivity contribution in [3.63, 3.8) is 0 Å². The number of nitrogens with zero attached hydrogens (tertiary/aromatic N) is 5. The van der Waals surface area contributed by atoms with Crippen LogP contribution in [-0.2, 0) is 33.6 Å². The third-order valence-electron chi connectivity index (χ3n) is 7.95. The minimum absolute atomic E-state index is 0.0543. The molecule has 3 aliphatic heterocycles. The summed E-state index contributed by atoms with van der Waals surface area (Å²) < 4.78 is 45.0. The van der Waals surface area contributed by atoms with Gasteiger partial charge in [0.15, 0.2) is 0 Å². The van der Waals surface area contributed by atoms with Crippen molar-refractivity contribution in [2.45, 2.75) is 38.5 Å². The maximum atomic E-state index is 13.8. The van der Waals surface area contributed by atoms with Crippen LogP contribution >= 0.6 is 0 Å². The molecule has 7 rings (SSSR count). The number of imidazole rings is 1. The van der Waals surface area contributed by atoms with E-state index >= 15 is 0 Å². The van der Waals surface area contributed by atoms with Crippen LogP contribution in [0.25, 0.3) is 27.7 Å². The molecule has 3 aliphatic rings. The molecule has 1 aromatic carbocycles. The molecule has 12 heteroatoms. The lowest BCUT2D eigenvalue weighted by molar-refractivity contribution is -0.137. The minimum atomic E-state index is -4.55. The van der Waals surface area contributed by atoms with Gasteiger partial charge in [-0.15, -0.1) is 0 Å². The Bertz CT molecular complexity index is 1750. The average molecular weight is 579 g/mol. The van der Waals surface area contributed by atoms with Gasteiger partial charge >= 0.3 is 6.18 Å². The number of fused-ring (bicyclic) bond motifs is 1. The molecule has 3 aromatic heterocycles. The zero-order chi connectivity index (χ0) is 29.6. The van der Waals surface area contributed by atoms with Crippen LogP contribution in [0.15, 0.2) is 48.9 Å². The van der Waals surface area contributed by atoms with E-state index in [4.69, 9.17) is 0 Å². The lowest BCUT2D eigenvalue weighted by Crippen LogP contribution is -2.27. The second-order valence-electron chi connectivity index (χ2n) is 10.8.